The molecule has 3 rings (SSSR count). The molecule has 5 nitrogen and oxygen atoms in total. The summed E-state index contributed by atoms with van der Waals surface area (Å²) in [5.74, 6) is 2.25. The maximum Gasteiger partial charge on any atom is 0.202 e. The molecule has 2 N–H and O–H groups in total. The van der Waals surface area contributed by atoms with Gasteiger partial charge in [0, 0.05) is 13.6 Å². The first kappa shape index (κ1) is 13.5. The number of nitrogens with two attached hydrogens (primary N) is 1. The topological polar surface area (TPSA) is 61.7 Å². The molecule has 0 atom stereocenters. The van der Waals surface area contributed by atoms with Gasteiger partial charge in [-0.1, -0.05) is 26.7 Å². The second-order valence-corrected chi connectivity index (χ2v) is 6.30. The van der Waals surface area contributed by atoms with E-state index < -0.39 is 0 Å². The third-order valence-corrected chi connectivity index (χ3v) is 4.73. The molecule has 0 aromatic carbocycles. The summed E-state index contributed by atoms with van der Waals surface area (Å²) in [5, 5.41) is 4.55. The van der Waals surface area contributed by atoms with Gasteiger partial charge in [0.05, 0.1) is 5.69 Å². The highest BCUT2D eigenvalue weighted by Crippen LogP contribution is 2.31. The SMILES string of the molecule is CCc1nn(C)c2c1nc(N)n2CC1CCC(C)CC1. The van der Waals surface area contributed by atoms with E-state index >= 15 is 0 Å². The fourth-order valence-corrected chi connectivity index (χ4v) is 3.45. The first-order chi connectivity index (χ1) is 9.60. The van der Waals surface area contributed by atoms with E-state index in [2.05, 4.69) is 28.5 Å². The van der Waals surface area contributed by atoms with E-state index in [0.29, 0.717) is 5.95 Å². The van der Waals surface area contributed by atoms with Gasteiger partial charge in [0.1, 0.15) is 5.52 Å². The van der Waals surface area contributed by atoms with E-state index in [9.17, 15) is 0 Å². The minimum Gasteiger partial charge on any atom is -0.369 e. The molecule has 1 aliphatic carbocycles. The Morgan fingerprint density at radius 3 is 2.60 bits per heavy atom. The van der Waals surface area contributed by atoms with Crippen LogP contribution in [0.2, 0.25) is 0 Å². The molecule has 2 aromatic rings. The lowest BCUT2D eigenvalue weighted by molar-refractivity contribution is 0.267. The highest BCUT2D eigenvalue weighted by Gasteiger charge is 2.22. The summed E-state index contributed by atoms with van der Waals surface area (Å²) in [5.41, 5.74) is 9.26. The highest BCUT2D eigenvalue weighted by atomic mass is 15.3. The fraction of sp³-hybridized carbons (Fsp3) is 0.733. The molecule has 2 heterocycles. The summed E-state index contributed by atoms with van der Waals surface area (Å²) in [4.78, 5) is 4.54. The van der Waals surface area contributed by atoms with Crippen LogP contribution in [-0.4, -0.2) is 19.3 Å². The summed E-state index contributed by atoms with van der Waals surface area (Å²) < 4.78 is 4.10. The molecule has 0 bridgehead atoms. The molecule has 1 aliphatic rings. The Hall–Kier alpha value is -1.52. The number of hydrogen-bond donors (Lipinski definition) is 1. The molecule has 0 unspecified atom stereocenters. The molecule has 0 spiro atoms. The van der Waals surface area contributed by atoms with Crippen LogP contribution in [0.25, 0.3) is 11.2 Å². The second-order valence-electron chi connectivity index (χ2n) is 6.30. The van der Waals surface area contributed by atoms with Crippen LogP contribution in [0, 0.1) is 11.8 Å². The van der Waals surface area contributed by atoms with Crippen molar-refractivity contribution in [2.45, 2.75) is 52.5 Å². The van der Waals surface area contributed by atoms with E-state index in [1.807, 2.05) is 11.7 Å². The summed E-state index contributed by atoms with van der Waals surface area (Å²) in [6.45, 7) is 5.45. The van der Waals surface area contributed by atoms with Crippen LogP contribution in [0.3, 0.4) is 0 Å². The molecule has 0 radical (unpaired) electrons. The van der Waals surface area contributed by atoms with Crippen molar-refractivity contribution in [1.29, 1.82) is 0 Å². The van der Waals surface area contributed by atoms with Gasteiger partial charge in [-0.25, -0.2) is 4.98 Å². The Bertz CT molecular complexity index is 601. The summed E-state index contributed by atoms with van der Waals surface area (Å²) in [7, 11) is 1.99. The number of hydrogen-bond acceptors (Lipinski definition) is 3. The normalized spacial score (nSPS) is 23.6. The Morgan fingerprint density at radius 1 is 1.25 bits per heavy atom. The predicted octanol–water partition coefficient (Wildman–Crippen LogP) is 2.74. The van der Waals surface area contributed by atoms with Crippen molar-refractivity contribution in [3.05, 3.63) is 5.69 Å². The van der Waals surface area contributed by atoms with Crippen molar-refractivity contribution in [2.24, 2.45) is 18.9 Å². The number of imidazole rings is 1. The summed E-state index contributed by atoms with van der Waals surface area (Å²) in [6.07, 6.45) is 6.19. The molecule has 1 saturated carbocycles. The van der Waals surface area contributed by atoms with Gasteiger partial charge in [0.25, 0.3) is 0 Å². The Kier molecular flexibility index (Phi) is 3.44. The number of aryl methyl sites for hydroxylation is 2. The number of rotatable bonds is 3. The van der Waals surface area contributed by atoms with Gasteiger partial charge in [-0.05, 0) is 31.1 Å². The van der Waals surface area contributed by atoms with Crippen LogP contribution >= 0.6 is 0 Å². The molecular formula is C15H25N5. The van der Waals surface area contributed by atoms with Gasteiger partial charge in [0.2, 0.25) is 5.95 Å². The minimum absolute atomic E-state index is 0.640. The number of fused-ring (bicyclic) bond motifs is 1. The number of nitrogen functional groups attached to an aromatic ring is 1. The zero-order chi connectivity index (χ0) is 14.3. The first-order valence-electron chi connectivity index (χ1n) is 7.77. The lowest BCUT2D eigenvalue weighted by Gasteiger charge is -2.26. The van der Waals surface area contributed by atoms with Crippen molar-refractivity contribution in [3.8, 4) is 0 Å². The molecular weight excluding hydrogens is 250 g/mol. The fourth-order valence-electron chi connectivity index (χ4n) is 3.45. The van der Waals surface area contributed by atoms with Crippen molar-refractivity contribution < 1.29 is 0 Å². The molecule has 2 aromatic heterocycles. The van der Waals surface area contributed by atoms with Gasteiger partial charge in [-0.2, -0.15) is 5.10 Å². The lowest BCUT2D eigenvalue weighted by atomic mass is 9.83. The van der Waals surface area contributed by atoms with Crippen molar-refractivity contribution in [3.63, 3.8) is 0 Å². The molecule has 110 valence electrons. The van der Waals surface area contributed by atoms with Gasteiger partial charge in [0.15, 0.2) is 5.65 Å². The Balaban J connectivity index is 1.91. The van der Waals surface area contributed by atoms with Crippen LogP contribution in [0.1, 0.15) is 45.2 Å². The number of nitrogens with zero attached hydrogens (tertiary/aromatic N) is 4. The van der Waals surface area contributed by atoms with E-state index in [0.717, 1.165) is 41.7 Å². The molecule has 0 amide bonds. The second kappa shape index (κ2) is 5.11. The van der Waals surface area contributed by atoms with E-state index in [4.69, 9.17) is 5.73 Å². The van der Waals surface area contributed by atoms with Crippen LogP contribution in [0.4, 0.5) is 5.95 Å². The third-order valence-electron chi connectivity index (χ3n) is 4.73. The van der Waals surface area contributed by atoms with Gasteiger partial charge < -0.3 is 5.73 Å². The third kappa shape index (κ3) is 2.19. The predicted molar refractivity (Wildman–Crippen MR) is 81.4 cm³/mol. The first-order valence-corrected chi connectivity index (χ1v) is 7.77. The molecule has 0 aliphatic heterocycles. The zero-order valence-electron chi connectivity index (χ0n) is 12.8. The smallest absolute Gasteiger partial charge is 0.202 e. The quantitative estimate of drug-likeness (QED) is 0.937. The molecule has 1 fully saturated rings. The maximum absolute atomic E-state index is 6.15. The molecule has 20 heavy (non-hydrogen) atoms. The highest BCUT2D eigenvalue weighted by molar-refractivity contribution is 5.77. The van der Waals surface area contributed by atoms with Crippen LogP contribution < -0.4 is 5.73 Å². The number of anilines is 1. The van der Waals surface area contributed by atoms with Crippen molar-refractivity contribution in [2.75, 3.05) is 5.73 Å². The standard InChI is InChI=1S/C15H25N5/c1-4-12-13-14(19(3)18-12)20(15(16)17-13)9-11-7-5-10(2)6-8-11/h10-11H,4-9H2,1-3H3,(H2,16,17). The van der Waals surface area contributed by atoms with Crippen molar-refractivity contribution in [1.82, 2.24) is 19.3 Å². The van der Waals surface area contributed by atoms with Crippen LogP contribution in [0.5, 0.6) is 0 Å². The largest absolute Gasteiger partial charge is 0.369 e. The maximum atomic E-state index is 6.15. The van der Waals surface area contributed by atoms with Crippen molar-refractivity contribution >= 4 is 17.1 Å². The van der Waals surface area contributed by atoms with Gasteiger partial charge in [-0.3, -0.25) is 9.25 Å². The Labute approximate surface area is 120 Å². The number of aromatic nitrogens is 4. The van der Waals surface area contributed by atoms with E-state index in [-0.39, 0.29) is 0 Å². The zero-order valence-corrected chi connectivity index (χ0v) is 12.8. The van der Waals surface area contributed by atoms with E-state index in [1.54, 1.807) is 0 Å². The van der Waals surface area contributed by atoms with Gasteiger partial charge >= 0.3 is 0 Å². The lowest BCUT2D eigenvalue weighted by Crippen LogP contribution is -2.19. The molecule has 0 saturated heterocycles. The summed E-state index contributed by atoms with van der Waals surface area (Å²) in [6, 6.07) is 0. The molecule has 5 heteroatoms. The average molecular weight is 275 g/mol. The van der Waals surface area contributed by atoms with Crippen LogP contribution in [-0.2, 0) is 20.0 Å². The van der Waals surface area contributed by atoms with E-state index in [1.165, 1.54) is 25.7 Å². The van der Waals surface area contributed by atoms with Gasteiger partial charge in [-0.15, -0.1) is 0 Å². The van der Waals surface area contributed by atoms with Crippen LogP contribution in [0.15, 0.2) is 0 Å². The minimum atomic E-state index is 0.640. The average Bonchev–Trinajstić information content (AvgIpc) is 2.91. The summed E-state index contributed by atoms with van der Waals surface area (Å²) >= 11 is 0. The Morgan fingerprint density at radius 2 is 1.95 bits per heavy atom. The monoisotopic (exact) mass is 275 g/mol.